The Bertz CT molecular complexity index is 735. The normalized spacial score (nSPS) is 22.9. The van der Waals surface area contributed by atoms with Crippen molar-refractivity contribution in [1.82, 2.24) is 10.3 Å². The van der Waals surface area contributed by atoms with E-state index in [-0.39, 0.29) is 5.92 Å². The monoisotopic (exact) mass is 360 g/mol. The first kappa shape index (κ1) is 14.7. The molecule has 5 nitrogen and oxygen atoms in total. The highest BCUT2D eigenvalue weighted by Crippen LogP contribution is 2.51. The molecule has 0 aliphatic heterocycles. The average molecular weight is 361 g/mol. The molecule has 112 valence electrons. The second-order valence-electron chi connectivity index (χ2n) is 5.29. The van der Waals surface area contributed by atoms with Crippen molar-refractivity contribution in [3.8, 4) is 0 Å². The van der Waals surface area contributed by atoms with E-state index in [4.69, 9.17) is 0 Å². The number of hydrogen-bond donors (Lipinski definition) is 2. The molecule has 2 aromatic rings. The highest BCUT2D eigenvalue weighted by atomic mass is 79.9. The standard InChI is InChI=1S/C16H13BrN2O3/c17-12-6-11(8-18-9-12)14(20)19-16(15(21)22)7-13(16)10-4-2-1-3-5-10/h1-6,8-9,13H,7H2,(H,19,20)(H,21,22). The lowest BCUT2D eigenvalue weighted by molar-refractivity contribution is -0.140. The van der Waals surface area contributed by atoms with E-state index in [2.05, 4.69) is 26.2 Å². The smallest absolute Gasteiger partial charge is 0.330 e. The second-order valence-corrected chi connectivity index (χ2v) is 6.21. The number of aromatic nitrogens is 1. The maximum atomic E-state index is 12.3. The zero-order chi connectivity index (χ0) is 15.7. The summed E-state index contributed by atoms with van der Waals surface area (Å²) in [7, 11) is 0. The fourth-order valence-electron chi connectivity index (χ4n) is 2.59. The van der Waals surface area contributed by atoms with Crippen molar-refractivity contribution in [3.05, 3.63) is 64.4 Å². The quantitative estimate of drug-likeness (QED) is 0.878. The van der Waals surface area contributed by atoms with E-state index in [0.717, 1.165) is 5.56 Å². The minimum Gasteiger partial charge on any atom is -0.479 e. The molecule has 1 aromatic carbocycles. The molecule has 1 aromatic heterocycles. The number of nitrogens with one attached hydrogen (secondary N) is 1. The van der Waals surface area contributed by atoms with Crippen LogP contribution < -0.4 is 5.32 Å². The maximum Gasteiger partial charge on any atom is 0.330 e. The molecule has 2 unspecified atom stereocenters. The van der Waals surface area contributed by atoms with Crippen molar-refractivity contribution in [2.75, 3.05) is 0 Å². The number of nitrogens with zero attached hydrogens (tertiary/aromatic N) is 1. The van der Waals surface area contributed by atoms with Crippen LogP contribution in [0.4, 0.5) is 0 Å². The number of halogens is 1. The van der Waals surface area contributed by atoms with Gasteiger partial charge in [-0.1, -0.05) is 30.3 Å². The van der Waals surface area contributed by atoms with E-state index in [1.165, 1.54) is 6.20 Å². The molecule has 2 atom stereocenters. The summed E-state index contributed by atoms with van der Waals surface area (Å²) < 4.78 is 0.667. The summed E-state index contributed by atoms with van der Waals surface area (Å²) in [5, 5.41) is 12.2. The third-order valence-electron chi connectivity index (χ3n) is 3.85. The third-order valence-corrected chi connectivity index (χ3v) is 4.28. The first-order valence-corrected chi connectivity index (χ1v) is 7.53. The maximum absolute atomic E-state index is 12.3. The lowest BCUT2D eigenvalue weighted by Gasteiger charge is -2.15. The van der Waals surface area contributed by atoms with Crippen molar-refractivity contribution in [2.45, 2.75) is 17.9 Å². The summed E-state index contributed by atoms with van der Waals surface area (Å²) in [5.41, 5.74) is 0.00656. The molecule has 2 N–H and O–H groups in total. The fourth-order valence-corrected chi connectivity index (χ4v) is 2.95. The Balaban J connectivity index is 1.83. The zero-order valence-corrected chi connectivity index (χ0v) is 13.1. The Morgan fingerprint density at radius 3 is 2.64 bits per heavy atom. The van der Waals surface area contributed by atoms with Crippen molar-refractivity contribution < 1.29 is 14.7 Å². The Labute approximate surface area is 135 Å². The molecule has 3 rings (SSSR count). The Hall–Kier alpha value is -2.21. The van der Waals surface area contributed by atoms with E-state index < -0.39 is 17.4 Å². The van der Waals surface area contributed by atoms with Gasteiger partial charge in [0.25, 0.3) is 5.91 Å². The molecule has 0 saturated heterocycles. The third kappa shape index (κ3) is 2.62. The van der Waals surface area contributed by atoms with Crippen LogP contribution >= 0.6 is 15.9 Å². The van der Waals surface area contributed by atoms with E-state index in [1.54, 1.807) is 12.3 Å². The minimum absolute atomic E-state index is 0.213. The van der Waals surface area contributed by atoms with Crippen molar-refractivity contribution in [3.63, 3.8) is 0 Å². The van der Waals surface area contributed by atoms with Crippen LogP contribution in [0.5, 0.6) is 0 Å². The van der Waals surface area contributed by atoms with Crippen LogP contribution in [-0.4, -0.2) is 27.5 Å². The van der Waals surface area contributed by atoms with Gasteiger partial charge in [0.15, 0.2) is 0 Å². The van der Waals surface area contributed by atoms with Gasteiger partial charge in [-0.15, -0.1) is 0 Å². The van der Waals surface area contributed by atoms with Crippen LogP contribution in [0.2, 0.25) is 0 Å². The molecule has 1 aliphatic carbocycles. The van der Waals surface area contributed by atoms with E-state index >= 15 is 0 Å². The average Bonchev–Trinajstić information content (AvgIpc) is 3.24. The topological polar surface area (TPSA) is 79.3 Å². The minimum atomic E-state index is -1.24. The summed E-state index contributed by atoms with van der Waals surface area (Å²) in [5.74, 6) is -1.66. The van der Waals surface area contributed by atoms with Crippen molar-refractivity contribution in [1.29, 1.82) is 0 Å². The number of benzene rings is 1. The Kier molecular flexibility index (Phi) is 3.70. The van der Waals surface area contributed by atoms with E-state index in [9.17, 15) is 14.7 Å². The lowest BCUT2D eigenvalue weighted by Crippen LogP contribution is -2.44. The molecule has 1 aliphatic rings. The molecular weight excluding hydrogens is 348 g/mol. The van der Waals surface area contributed by atoms with Gasteiger partial charge in [-0.2, -0.15) is 0 Å². The highest BCUT2D eigenvalue weighted by Gasteiger charge is 2.62. The van der Waals surface area contributed by atoms with Crippen LogP contribution in [0.15, 0.2) is 53.3 Å². The summed E-state index contributed by atoms with van der Waals surface area (Å²) in [6.07, 6.45) is 3.36. The van der Waals surface area contributed by atoms with Gasteiger partial charge < -0.3 is 10.4 Å². The number of pyridine rings is 1. The molecule has 1 fully saturated rings. The summed E-state index contributed by atoms with van der Waals surface area (Å²) in [6, 6.07) is 11.0. The molecule has 6 heteroatoms. The predicted octanol–water partition coefficient (Wildman–Crippen LogP) is 2.58. The van der Waals surface area contributed by atoms with Crippen molar-refractivity contribution in [2.24, 2.45) is 0 Å². The fraction of sp³-hybridized carbons (Fsp3) is 0.188. The zero-order valence-electron chi connectivity index (χ0n) is 11.5. The van der Waals surface area contributed by atoms with Crippen LogP contribution in [0.25, 0.3) is 0 Å². The Morgan fingerprint density at radius 2 is 2.00 bits per heavy atom. The van der Waals surface area contributed by atoms with Gasteiger partial charge in [-0.05, 0) is 34.0 Å². The molecular formula is C16H13BrN2O3. The molecule has 1 heterocycles. The number of carboxylic acid groups (broad SMARTS) is 1. The van der Waals surface area contributed by atoms with Crippen LogP contribution in [0.3, 0.4) is 0 Å². The molecule has 0 radical (unpaired) electrons. The van der Waals surface area contributed by atoms with Gasteiger partial charge in [0, 0.05) is 22.8 Å². The number of aliphatic carboxylic acids is 1. The predicted molar refractivity (Wildman–Crippen MR) is 83.6 cm³/mol. The van der Waals surface area contributed by atoms with E-state index in [1.807, 2.05) is 30.3 Å². The van der Waals surface area contributed by atoms with Gasteiger partial charge in [0.05, 0.1) is 5.56 Å². The van der Waals surface area contributed by atoms with Gasteiger partial charge in [0.1, 0.15) is 5.54 Å². The molecule has 1 saturated carbocycles. The number of carboxylic acids is 1. The van der Waals surface area contributed by atoms with Crippen LogP contribution in [-0.2, 0) is 4.79 Å². The summed E-state index contributed by atoms with van der Waals surface area (Å²) in [6.45, 7) is 0. The largest absolute Gasteiger partial charge is 0.479 e. The Morgan fingerprint density at radius 1 is 1.27 bits per heavy atom. The second kappa shape index (κ2) is 5.53. The summed E-state index contributed by atoms with van der Waals surface area (Å²) >= 11 is 3.24. The summed E-state index contributed by atoms with van der Waals surface area (Å²) in [4.78, 5) is 27.9. The number of amides is 1. The van der Waals surface area contributed by atoms with Gasteiger partial charge in [-0.25, -0.2) is 4.79 Å². The first-order chi connectivity index (χ1) is 10.5. The number of rotatable bonds is 4. The van der Waals surface area contributed by atoms with Gasteiger partial charge >= 0.3 is 5.97 Å². The highest BCUT2D eigenvalue weighted by molar-refractivity contribution is 9.10. The van der Waals surface area contributed by atoms with Crippen LogP contribution in [0, 0.1) is 0 Å². The first-order valence-electron chi connectivity index (χ1n) is 6.74. The number of carbonyl (C=O) groups is 2. The van der Waals surface area contributed by atoms with E-state index in [0.29, 0.717) is 16.5 Å². The molecule has 0 spiro atoms. The van der Waals surface area contributed by atoms with Gasteiger partial charge in [-0.3, -0.25) is 9.78 Å². The van der Waals surface area contributed by atoms with Crippen LogP contribution in [0.1, 0.15) is 28.3 Å². The number of carbonyl (C=O) groups excluding carboxylic acids is 1. The number of hydrogen-bond acceptors (Lipinski definition) is 3. The van der Waals surface area contributed by atoms with Crippen molar-refractivity contribution >= 4 is 27.8 Å². The molecule has 0 bridgehead atoms. The molecule has 22 heavy (non-hydrogen) atoms. The SMILES string of the molecule is O=C(NC1(C(=O)O)CC1c1ccccc1)c1cncc(Br)c1. The lowest BCUT2D eigenvalue weighted by atomic mass is 10.1. The molecule has 1 amide bonds. The van der Waals surface area contributed by atoms with Gasteiger partial charge in [0.2, 0.25) is 0 Å².